The second-order valence-corrected chi connectivity index (χ2v) is 6.51. The molecular weight excluding hydrogens is 218 g/mol. The van der Waals surface area contributed by atoms with E-state index in [1.807, 2.05) is 0 Å². The van der Waals surface area contributed by atoms with E-state index in [1.54, 1.807) is 11.1 Å². The van der Waals surface area contributed by atoms with Crippen molar-refractivity contribution in [2.75, 3.05) is 7.05 Å². The molecule has 0 bridgehead atoms. The molecule has 0 aromatic heterocycles. The highest BCUT2D eigenvalue weighted by Crippen LogP contribution is 2.62. The molecule has 0 aliphatic heterocycles. The van der Waals surface area contributed by atoms with Gasteiger partial charge < -0.3 is 5.32 Å². The molecule has 0 heterocycles. The predicted octanol–water partition coefficient (Wildman–Crippen LogP) is 3.35. The minimum atomic E-state index is 0.792. The van der Waals surface area contributed by atoms with Crippen molar-refractivity contribution >= 4 is 0 Å². The average molecular weight is 241 g/mol. The van der Waals surface area contributed by atoms with E-state index in [2.05, 4.69) is 36.6 Å². The minimum Gasteiger partial charge on any atom is -0.316 e. The molecule has 1 aromatic carbocycles. The normalized spacial score (nSPS) is 35.3. The topological polar surface area (TPSA) is 12.0 Å². The van der Waals surface area contributed by atoms with Gasteiger partial charge >= 0.3 is 0 Å². The number of hydrogen-bond donors (Lipinski definition) is 1. The van der Waals surface area contributed by atoms with Gasteiger partial charge in [0.05, 0.1) is 0 Å². The number of aryl methyl sites for hydroxylation is 1. The van der Waals surface area contributed by atoms with Gasteiger partial charge in [0.1, 0.15) is 0 Å². The molecule has 0 spiro atoms. The second-order valence-electron chi connectivity index (χ2n) is 6.51. The van der Waals surface area contributed by atoms with Crippen molar-refractivity contribution in [1.29, 1.82) is 0 Å². The zero-order valence-corrected chi connectivity index (χ0v) is 11.2. The van der Waals surface area contributed by atoms with Crippen molar-refractivity contribution in [2.24, 2.45) is 17.8 Å². The van der Waals surface area contributed by atoms with Crippen LogP contribution in [0.15, 0.2) is 24.3 Å². The Morgan fingerprint density at radius 3 is 2.72 bits per heavy atom. The van der Waals surface area contributed by atoms with Crippen LogP contribution in [-0.4, -0.2) is 13.1 Å². The molecule has 3 aliphatic carbocycles. The van der Waals surface area contributed by atoms with Crippen molar-refractivity contribution in [1.82, 2.24) is 5.32 Å². The Balaban J connectivity index is 1.60. The molecule has 0 radical (unpaired) electrons. The lowest BCUT2D eigenvalue weighted by Crippen LogP contribution is -2.39. The highest BCUT2D eigenvalue weighted by molar-refractivity contribution is 5.40. The van der Waals surface area contributed by atoms with Gasteiger partial charge in [0.25, 0.3) is 0 Å². The molecule has 4 atom stereocenters. The van der Waals surface area contributed by atoms with E-state index in [4.69, 9.17) is 0 Å². The fraction of sp³-hybridized carbons (Fsp3) is 0.647. The summed E-state index contributed by atoms with van der Waals surface area (Å²) in [5.74, 6) is 3.77. The summed E-state index contributed by atoms with van der Waals surface area (Å²) >= 11 is 0. The number of fused-ring (bicyclic) bond motifs is 3. The number of benzene rings is 1. The van der Waals surface area contributed by atoms with Crippen LogP contribution in [0.25, 0.3) is 0 Å². The molecule has 1 N–H and O–H groups in total. The summed E-state index contributed by atoms with van der Waals surface area (Å²) in [7, 11) is 2.18. The van der Waals surface area contributed by atoms with Crippen LogP contribution in [0, 0.1) is 17.8 Å². The van der Waals surface area contributed by atoms with Crippen LogP contribution < -0.4 is 5.32 Å². The van der Waals surface area contributed by atoms with Crippen LogP contribution >= 0.6 is 0 Å². The maximum Gasteiger partial charge on any atom is 0.0129 e. The zero-order valence-electron chi connectivity index (χ0n) is 11.2. The maximum atomic E-state index is 3.65. The molecule has 96 valence electrons. The van der Waals surface area contributed by atoms with Gasteiger partial charge in [-0.1, -0.05) is 30.7 Å². The molecule has 1 heteroatoms. The third-order valence-corrected chi connectivity index (χ3v) is 5.80. The molecule has 0 amide bonds. The number of nitrogens with one attached hydrogen (secondary N) is 1. The number of hydrogen-bond acceptors (Lipinski definition) is 1. The average Bonchev–Trinajstić information content (AvgIpc) is 3.08. The largest absolute Gasteiger partial charge is 0.316 e. The van der Waals surface area contributed by atoms with E-state index in [0.717, 1.165) is 29.7 Å². The summed E-state index contributed by atoms with van der Waals surface area (Å²) < 4.78 is 0. The van der Waals surface area contributed by atoms with E-state index in [0.29, 0.717) is 0 Å². The Labute approximate surface area is 110 Å². The summed E-state index contributed by atoms with van der Waals surface area (Å²) in [6.45, 7) is 0. The number of rotatable bonds is 3. The van der Waals surface area contributed by atoms with Crippen molar-refractivity contribution in [2.45, 2.75) is 44.1 Å². The van der Waals surface area contributed by atoms with Crippen molar-refractivity contribution in [3.63, 3.8) is 0 Å². The molecule has 0 saturated heterocycles. The third kappa shape index (κ3) is 1.50. The van der Waals surface area contributed by atoms with Crippen LogP contribution in [0.2, 0.25) is 0 Å². The Morgan fingerprint density at radius 2 is 2.00 bits per heavy atom. The Morgan fingerprint density at radius 1 is 1.17 bits per heavy atom. The standard InChI is InChI=1S/C17H23N/c1-18-17(12-6-4-7-12)16-14-10-9-11-5-2-3-8-13(11)15(14)16/h2-3,5,8,12,14-18H,4,6-7,9-10H2,1H3. The highest BCUT2D eigenvalue weighted by atomic mass is 14.9. The van der Waals surface area contributed by atoms with Gasteiger partial charge in [0.15, 0.2) is 0 Å². The van der Waals surface area contributed by atoms with Gasteiger partial charge in [-0.3, -0.25) is 0 Å². The first-order valence-electron chi connectivity index (χ1n) is 7.65. The minimum absolute atomic E-state index is 0.792. The smallest absolute Gasteiger partial charge is 0.0129 e. The zero-order chi connectivity index (χ0) is 12.1. The van der Waals surface area contributed by atoms with Gasteiger partial charge in [-0.15, -0.1) is 0 Å². The van der Waals surface area contributed by atoms with E-state index < -0.39 is 0 Å². The Kier molecular flexibility index (Phi) is 2.51. The summed E-state index contributed by atoms with van der Waals surface area (Å²) in [5.41, 5.74) is 3.31. The highest BCUT2D eigenvalue weighted by Gasteiger charge is 2.57. The summed E-state index contributed by atoms with van der Waals surface area (Å²) in [4.78, 5) is 0. The van der Waals surface area contributed by atoms with E-state index in [9.17, 15) is 0 Å². The van der Waals surface area contributed by atoms with E-state index in [-0.39, 0.29) is 0 Å². The summed E-state index contributed by atoms with van der Waals surface area (Å²) in [5, 5.41) is 3.65. The Hall–Kier alpha value is -0.820. The fourth-order valence-electron chi connectivity index (χ4n) is 4.65. The molecule has 1 aromatic rings. The van der Waals surface area contributed by atoms with E-state index in [1.165, 1.54) is 32.1 Å². The first-order chi connectivity index (χ1) is 8.90. The van der Waals surface area contributed by atoms with Gasteiger partial charge in [-0.2, -0.15) is 0 Å². The summed E-state index contributed by atoms with van der Waals surface area (Å²) in [6, 6.07) is 9.96. The summed E-state index contributed by atoms with van der Waals surface area (Å²) in [6.07, 6.45) is 7.12. The second kappa shape index (κ2) is 4.09. The van der Waals surface area contributed by atoms with Crippen LogP contribution in [0.1, 0.15) is 42.7 Å². The van der Waals surface area contributed by atoms with Gasteiger partial charge in [0, 0.05) is 6.04 Å². The third-order valence-electron chi connectivity index (χ3n) is 5.80. The molecule has 4 rings (SSSR count). The van der Waals surface area contributed by atoms with Gasteiger partial charge in [-0.25, -0.2) is 0 Å². The maximum absolute atomic E-state index is 3.65. The quantitative estimate of drug-likeness (QED) is 0.855. The van der Waals surface area contributed by atoms with Gasteiger partial charge in [0.2, 0.25) is 0 Å². The lowest BCUT2D eigenvalue weighted by Gasteiger charge is -2.34. The van der Waals surface area contributed by atoms with Crippen LogP contribution in [-0.2, 0) is 6.42 Å². The molecule has 4 unspecified atom stereocenters. The molecule has 18 heavy (non-hydrogen) atoms. The lowest BCUT2D eigenvalue weighted by atomic mass is 9.77. The molecule has 1 nitrogen and oxygen atoms in total. The van der Waals surface area contributed by atoms with Crippen LogP contribution in [0.5, 0.6) is 0 Å². The van der Waals surface area contributed by atoms with Gasteiger partial charge in [-0.05, 0) is 67.5 Å². The first kappa shape index (κ1) is 11.0. The monoisotopic (exact) mass is 241 g/mol. The SMILES string of the molecule is CNC(C1CCC1)C1C2CCc3ccccc3C21. The predicted molar refractivity (Wildman–Crippen MR) is 74.7 cm³/mol. The molecular formula is C17H23N. The molecule has 3 aliphatic rings. The van der Waals surface area contributed by atoms with Crippen molar-refractivity contribution in [3.8, 4) is 0 Å². The van der Waals surface area contributed by atoms with Crippen LogP contribution in [0.4, 0.5) is 0 Å². The van der Waals surface area contributed by atoms with E-state index >= 15 is 0 Å². The Bertz CT molecular complexity index is 449. The van der Waals surface area contributed by atoms with Crippen molar-refractivity contribution in [3.05, 3.63) is 35.4 Å². The lowest BCUT2D eigenvalue weighted by molar-refractivity contribution is 0.211. The van der Waals surface area contributed by atoms with Crippen LogP contribution in [0.3, 0.4) is 0 Å². The molecule has 2 saturated carbocycles. The fourth-order valence-corrected chi connectivity index (χ4v) is 4.65. The van der Waals surface area contributed by atoms with Crippen molar-refractivity contribution < 1.29 is 0 Å². The first-order valence-corrected chi connectivity index (χ1v) is 7.65. The molecule has 2 fully saturated rings.